The number of nitrogens with one attached hydrogen (secondary N) is 1. The van der Waals surface area contributed by atoms with Gasteiger partial charge in [0.15, 0.2) is 6.23 Å². The topological polar surface area (TPSA) is 122 Å². The van der Waals surface area contributed by atoms with E-state index in [0.29, 0.717) is 5.69 Å². The Morgan fingerprint density at radius 3 is 2.30 bits per heavy atom. The van der Waals surface area contributed by atoms with Crippen LogP contribution in [0.5, 0.6) is 0 Å². The molecule has 1 aromatic carbocycles. The number of rotatable bonds is 3. The van der Waals surface area contributed by atoms with Crippen molar-refractivity contribution in [2.24, 2.45) is 0 Å². The van der Waals surface area contributed by atoms with E-state index in [4.69, 9.17) is 4.74 Å². The number of benzene rings is 1. The Bertz CT molecular complexity index is 476. The summed E-state index contributed by atoms with van der Waals surface area (Å²) in [7, 11) is 0. The number of carboxylic acid groups (broad SMARTS) is 1. The number of hydrogen-bond donors (Lipinski definition) is 4. The third kappa shape index (κ3) is 2.91. The van der Waals surface area contributed by atoms with E-state index in [1.807, 2.05) is 0 Å². The van der Waals surface area contributed by atoms with Crippen LogP contribution in [0.4, 0.5) is 5.69 Å². The summed E-state index contributed by atoms with van der Waals surface area (Å²) in [5.41, 5.74) is 0.541. The Morgan fingerprint density at radius 1 is 1.15 bits per heavy atom. The van der Waals surface area contributed by atoms with Crippen molar-refractivity contribution in [3.8, 4) is 0 Å². The van der Waals surface area contributed by atoms with Crippen LogP contribution in [0.2, 0.25) is 0 Å². The molecule has 0 radical (unpaired) electrons. The predicted octanol–water partition coefficient (Wildman–Crippen LogP) is -1.71. The minimum absolute atomic E-state index is 0.0319. The quantitative estimate of drug-likeness (QED) is 0.520. The summed E-state index contributed by atoms with van der Waals surface area (Å²) >= 11 is 0. The van der Waals surface area contributed by atoms with Gasteiger partial charge in [0.1, 0.15) is 18.3 Å². The Balaban J connectivity index is 2.07. The first-order valence-electron chi connectivity index (χ1n) is 6.17. The molecule has 5 atom stereocenters. The molecule has 1 aromatic rings. The summed E-state index contributed by atoms with van der Waals surface area (Å²) < 4.78 is 5.36. The lowest BCUT2D eigenvalue weighted by Gasteiger charge is -2.39. The molecule has 7 heteroatoms. The molecular weight excluding hydrogens is 266 g/mol. The average Bonchev–Trinajstić information content (AvgIpc) is 2.43. The molecule has 1 fully saturated rings. The normalized spacial score (nSPS) is 33.7. The van der Waals surface area contributed by atoms with Gasteiger partial charge in [0.2, 0.25) is 0 Å². The molecule has 0 aliphatic carbocycles. The van der Waals surface area contributed by atoms with Gasteiger partial charge in [0.05, 0.1) is 12.1 Å². The van der Waals surface area contributed by atoms with Gasteiger partial charge in [-0.2, -0.15) is 0 Å². The first kappa shape index (κ1) is 14.7. The van der Waals surface area contributed by atoms with Crippen LogP contribution in [-0.4, -0.2) is 51.9 Å². The van der Waals surface area contributed by atoms with E-state index in [1.54, 1.807) is 6.92 Å². The van der Waals surface area contributed by atoms with Crippen molar-refractivity contribution >= 4 is 11.7 Å². The second-order valence-electron chi connectivity index (χ2n) is 4.74. The van der Waals surface area contributed by atoms with Crippen LogP contribution in [0, 0.1) is 0 Å². The second kappa shape index (κ2) is 5.76. The highest BCUT2D eigenvalue weighted by Gasteiger charge is 2.41. The lowest BCUT2D eigenvalue weighted by molar-refractivity contribution is -0.255. The number of carbonyl (C=O) groups excluding carboxylic acids is 1. The van der Waals surface area contributed by atoms with Crippen LogP contribution < -0.4 is 10.4 Å². The SMILES string of the molecule is CC1OC(Nc2ccc(C(=O)[O-])cc2)C(O)C(O)C1O. The van der Waals surface area contributed by atoms with E-state index in [-0.39, 0.29) is 5.56 Å². The molecular formula is C13H16NO6-. The molecule has 0 saturated carbocycles. The van der Waals surface area contributed by atoms with Crippen molar-refractivity contribution < 1.29 is 30.0 Å². The number of carboxylic acids is 1. The molecule has 1 saturated heterocycles. The van der Waals surface area contributed by atoms with Crippen LogP contribution >= 0.6 is 0 Å². The number of aliphatic hydroxyl groups is 3. The Labute approximate surface area is 115 Å². The molecule has 4 N–H and O–H groups in total. The maximum absolute atomic E-state index is 10.6. The van der Waals surface area contributed by atoms with Gasteiger partial charge in [-0.05, 0) is 24.6 Å². The molecule has 0 spiro atoms. The molecule has 7 nitrogen and oxygen atoms in total. The standard InChI is InChI=1S/C13H17NO6/c1-6-9(15)10(16)11(17)12(20-6)14-8-4-2-7(3-5-8)13(18)19/h2-6,9-12,14-17H,1H3,(H,18,19)/p-1. The van der Waals surface area contributed by atoms with Gasteiger partial charge in [0.25, 0.3) is 0 Å². The zero-order valence-corrected chi connectivity index (χ0v) is 10.8. The van der Waals surface area contributed by atoms with Gasteiger partial charge < -0.3 is 35.3 Å². The van der Waals surface area contributed by atoms with Crippen LogP contribution in [0.15, 0.2) is 24.3 Å². The molecule has 1 heterocycles. The largest absolute Gasteiger partial charge is 0.545 e. The Morgan fingerprint density at radius 2 is 1.75 bits per heavy atom. The zero-order valence-electron chi connectivity index (χ0n) is 10.8. The molecule has 2 rings (SSSR count). The van der Waals surface area contributed by atoms with E-state index in [1.165, 1.54) is 24.3 Å². The first-order valence-corrected chi connectivity index (χ1v) is 6.17. The van der Waals surface area contributed by atoms with Crippen molar-refractivity contribution in [1.29, 1.82) is 0 Å². The van der Waals surface area contributed by atoms with Gasteiger partial charge in [-0.3, -0.25) is 0 Å². The molecule has 0 aromatic heterocycles. The highest BCUT2D eigenvalue weighted by molar-refractivity contribution is 5.86. The predicted molar refractivity (Wildman–Crippen MR) is 66.8 cm³/mol. The Kier molecular flexibility index (Phi) is 4.24. The van der Waals surface area contributed by atoms with Crippen molar-refractivity contribution in [2.75, 3.05) is 5.32 Å². The van der Waals surface area contributed by atoms with E-state index < -0.39 is 36.6 Å². The van der Waals surface area contributed by atoms with Crippen LogP contribution in [-0.2, 0) is 4.74 Å². The molecule has 1 aliphatic rings. The highest BCUT2D eigenvalue weighted by Crippen LogP contribution is 2.22. The van der Waals surface area contributed by atoms with Crippen molar-refractivity contribution in [1.82, 2.24) is 0 Å². The van der Waals surface area contributed by atoms with E-state index >= 15 is 0 Å². The maximum Gasteiger partial charge on any atom is 0.157 e. The summed E-state index contributed by atoms with van der Waals surface area (Å²) in [6.07, 6.45) is -5.34. The molecule has 1 aliphatic heterocycles. The van der Waals surface area contributed by atoms with E-state index in [9.17, 15) is 25.2 Å². The van der Waals surface area contributed by atoms with E-state index in [0.717, 1.165) is 0 Å². The number of aromatic carboxylic acids is 1. The second-order valence-corrected chi connectivity index (χ2v) is 4.74. The van der Waals surface area contributed by atoms with Crippen molar-refractivity contribution in [3.05, 3.63) is 29.8 Å². The summed E-state index contributed by atoms with van der Waals surface area (Å²) in [4.78, 5) is 10.6. The minimum Gasteiger partial charge on any atom is -0.545 e. The van der Waals surface area contributed by atoms with Gasteiger partial charge in [-0.1, -0.05) is 12.1 Å². The smallest absolute Gasteiger partial charge is 0.157 e. The third-order valence-corrected chi connectivity index (χ3v) is 3.28. The fraction of sp³-hybridized carbons (Fsp3) is 0.462. The van der Waals surface area contributed by atoms with Gasteiger partial charge in [0, 0.05) is 5.69 Å². The molecule has 110 valence electrons. The number of carbonyl (C=O) groups is 1. The van der Waals surface area contributed by atoms with Crippen molar-refractivity contribution in [2.45, 2.75) is 37.6 Å². The minimum atomic E-state index is -1.32. The fourth-order valence-electron chi connectivity index (χ4n) is 2.04. The molecule has 5 unspecified atom stereocenters. The summed E-state index contributed by atoms with van der Waals surface area (Å²) in [6.45, 7) is 1.58. The Hall–Kier alpha value is -1.67. The molecule has 0 amide bonds. The summed E-state index contributed by atoms with van der Waals surface area (Å²) in [5, 5.41) is 42.5. The number of ether oxygens (including phenoxy) is 1. The fourth-order valence-corrected chi connectivity index (χ4v) is 2.04. The highest BCUT2D eigenvalue weighted by atomic mass is 16.5. The lowest BCUT2D eigenvalue weighted by Crippen LogP contribution is -2.58. The lowest BCUT2D eigenvalue weighted by atomic mass is 9.99. The van der Waals surface area contributed by atoms with Gasteiger partial charge >= 0.3 is 0 Å². The molecule has 0 bridgehead atoms. The zero-order chi connectivity index (χ0) is 14.9. The third-order valence-electron chi connectivity index (χ3n) is 3.28. The van der Waals surface area contributed by atoms with Gasteiger partial charge in [-0.15, -0.1) is 0 Å². The van der Waals surface area contributed by atoms with Gasteiger partial charge in [-0.25, -0.2) is 0 Å². The van der Waals surface area contributed by atoms with E-state index in [2.05, 4.69) is 5.32 Å². The number of anilines is 1. The molecule has 20 heavy (non-hydrogen) atoms. The summed E-state index contributed by atoms with van der Waals surface area (Å²) in [5.74, 6) is -1.28. The summed E-state index contributed by atoms with van der Waals surface area (Å²) in [6, 6.07) is 5.68. The monoisotopic (exact) mass is 282 g/mol. The first-order chi connectivity index (χ1) is 9.40. The van der Waals surface area contributed by atoms with Crippen LogP contribution in [0.1, 0.15) is 17.3 Å². The van der Waals surface area contributed by atoms with Crippen molar-refractivity contribution in [3.63, 3.8) is 0 Å². The van der Waals surface area contributed by atoms with Crippen LogP contribution in [0.25, 0.3) is 0 Å². The average molecular weight is 282 g/mol. The number of hydrogen-bond acceptors (Lipinski definition) is 7. The maximum atomic E-state index is 10.6. The number of aliphatic hydroxyl groups excluding tert-OH is 3. The van der Waals surface area contributed by atoms with Crippen LogP contribution in [0.3, 0.4) is 0 Å².